The molecule has 1 aromatic heterocycles. The van der Waals surface area contributed by atoms with E-state index in [1.54, 1.807) is 4.90 Å². The normalized spacial score (nSPS) is 24.5. The fourth-order valence-electron chi connectivity index (χ4n) is 4.76. The molecule has 176 valence electrons. The average molecular weight is 488 g/mol. The fourth-order valence-corrected chi connectivity index (χ4v) is 5.17. The molecule has 3 fully saturated rings. The number of benzene rings is 1. The van der Waals surface area contributed by atoms with E-state index < -0.39 is 40.5 Å². The van der Waals surface area contributed by atoms with Gasteiger partial charge in [0.05, 0.1) is 21.6 Å². The van der Waals surface area contributed by atoms with Crippen molar-refractivity contribution in [2.45, 2.75) is 43.4 Å². The van der Waals surface area contributed by atoms with Crippen molar-refractivity contribution < 1.29 is 31.9 Å². The number of ether oxygens (including phenoxy) is 1. The van der Waals surface area contributed by atoms with Gasteiger partial charge in [-0.2, -0.15) is 13.2 Å². The minimum Gasteiger partial charge on any atom is -0.382 e. The van der Waals surface area contributed by atoms with Crippen LogP contribution in [0.2, 0.25) is 5.02 Å². The summed E-state index contributed by atoms with van der Waals surface area (Å²) in [4.78, 5) is 38.0. The van der Waals surface area contributed by atoms with Gasteiger partial charge in [-0.1, -0.05) is 11.6 Å². The molecule has 2 heterocycles. The van der Waals surface area contributed by atoms with Crippen molar-refractivity contribution in [1.82, 2.24) is 4.57 Å². The van der Waals surface area contributed by atoms with Crippen LogP contribution in [-0.2, 0) is 9.53 Å². The van der Waals surface area contributed by atoms with Gasteiger partial charge in [-0.3, -0.25) is 4.79 Å². The number of rotatable bonds is 3. The number of hydrogen-bond donors (Lipinski definition) is 1. The highest BCUT2D eigenvalue weighted by Crippen LogP contribution is 2.48. The highest BCUT2D eigenvalue weighted by Gasteiger charge is 2.51. The van der Waals surface area contributed by atoms with Crippen LogP contribution in [0.3, 0.4) is 0 Å². The first kappa shape index (κ1) is 22.1. The van der Waals surface area contributed by atoms with Crippen LogP contribution < -0.4 is 16.1 Å². The van der Waals surface area contributed by atoms with E-state index in [-0.39, 0.29) is 33.6 Å². The molecule has 0 bridgehead atoms. The zero-order valence-corrected chi connectivity index (χ0v) is 17.8. The number of nitrogens with zero attached hydrogens (tertiary/aromatic N) is 2. The molecule has 2 saturated carbocycles. The van der Waals surface area contributed by atoms with Gasteiger partial charge in [0, 0.05) is 30.9 Å². The maximum Gasteiger partial charge on any atom is 0.491 e. The molecule has 0 amide bonds. The van der Waals surface area contributed by atoms with Gasteiger partial charge in [0.15, 0.2) is 0 Å². The molecule has 2 aromatic rings. The number of pyridine rings is 1. The Balaban J connectivity index is 1.63. The Labute approximate surface area is 189 Å². The minimum atomic E-state index is -5.41. The Morgan fingerprint density at radius 2 is 1.94 bits per heavy atom. The summed E-state index contributed by atoms with van der Waals surface area (Å²) in [6, 6.07) is 0.730. The third-order valence-electron chi connectivity index (χ3n) is 6.77. The van der Waals surface area contributed by atoms with Gasteiger partial charge < -0.3 is 19.9 Å². The summed E-state index contributed by atoms with van der Waals surface area (Å²) in [5.41, 5.74) is 4.33. The monoisotopic (exact) mass is 487 g/mol. The standard InChI is InChI=1S/C21H18ClF4N3O4/c22-14-15-11(5-13(23)16(14)28-6-9-3-4-20(9,27)8-28)17(30)12(7-29(15)10-1-2-10)18(31)33-19(32)21(24,25)26/h5,7,9-10H,1-4,6,8,27H2. The van der Waals surface area contributed by atoms with E-state index in [4.69, 9.17) is 17.3 Å². The Kier molecular flexibility index (Phi) is 4.81. The number of alkyl halides is 3. The van der Waals surface area contributed by atoms with Gasteiger partial charge in [0.2, 0.25) is 5.43 Å². The molecule has 0 radical (unpaired) electrons. The quantitative estimate of drug-likeness (QED) is 0.405. The van der Waals surface area contributed by atoms with E-state index in [0.29, 0.717) is 25.9 Å². The lowest BCUT2D eigenvalue weighted by molar-refractivity contribution is -0.193. The van der Waals surface area contributed by atoms with E-state index in [2.05, 4.69) is 4.74 Å². The molecular formula is C21H18ClF4N3O4. The number of aromatic nitrogens is 1. The third-order valence-corrected chi connectivity index (χ3v) is 7.13. The summed E-state index contributed by atoms with van der Waals surface area (Å²) >= 11 is 6.61. The van der Waals surface area contributed by atoms with Crippen LogP contribution in [0.4, 0.5) is 23.2 Å². The van der Waals surface area contributed by atoms with Gasteiger partial charge in [0.25, 0.3) is 0 Å². The predicted molar refractivity (Wildman–Crippen MR) is 110 cm³/mol. The Bertz CT molecular complexity index is 1270. The highest BCUT2D eigenvalue weighted by atomic mass is 35.5. The fraction of sp³-hybridized carbons (Fsp3) is 0.476. The summed E-state index contributed by atoms with van der Waals surface area (Å²) in [6.07, 6.45) is -1.32. The van der Waals surface area contributed by atoms with Crippen molar-refractivity contribution in [3.63, 3.8) is 0 Å². The summed E-state index contributed by atoms with van der Waals surface area (Å²) in [5, 5.41) is -0.322. The number of hydrogen-bond acceptors (Lipinski definition) is 6. The van der Waals surface area contributed by atoms with Gasteiger partial charge in [-0.05, 0) is 37.7 Å². The van der Waals surface area contributed by atoms with Crippen molar-refractivity contribution >= 4 is 40.1 Å². The first-order chi connectivity index (χ1) is 15.4. The smallest absolute Gasteiger partial charge is 0.382 e. The van der Waals surface area contributed by atoms with Crippen molar-refractivity contribution in [3.8, 4) is 0 Å². The maximum absolute atomic E-state index is 15.2. The van der Waals surface area contributed by atoms with Crippen LogP contribution in [0.25, 0.3) is 10.9 Å². The zero-order valence-electron chi connectivity index (χ0n) is 17.0. The first-order valence-electron chi connectivity index (χ1n) is 10.3. The predicted octanol–water partition coefficient (Wildman–Crippen LogP) is 3.30. The molecule has 7 nitrogen and oxygen atoms in total. The summed E-state index contributed by atoms with van der Waals surface area (Å²) < 4.78 is 58.0. The highest BCUT2D eigenvalue weighted by molar-refractivity contribution is 6.38. The number of nitrogens with two attached hydrogens (primary N) is 1. The minimum absolute atomic E-state index is 0.0369. The molecule has 2 atom stereocenters. The molecule has 2 N–H and O–H groups in total. The Hall–Kier alpha value is -2.66. The second-order valence-corrected chi connectivity index (χ2v) is 9.33. The topological polar surface area (TPSA) is 94.6 Å². The molecule has 0 spiro atoms. The van der Waals surface area contributed by atoms with Crippen LogP contribution >= 0.6 is 11.6 Å². The number of halogens is 5. The van der Waals surface area contributed by atoms with Crippen molar-refractivity contribution in [1.29, 1.82) is 0 Å². The lowest BCUT2D eigenvalue weighted by Crippen LogP contribution is -2.54. The molecule has 3 aliphatic rings. The van der Waals surface area contributed by atoms with E-state index in [0.717, 1.165) is 25.1 Å². The van der Waals surface area contributed by atoms with Crippen molar-refractivity contribution in [2.75, 3.05) is 18.0 Å². The van der Waals surface area contributed by atoms with Crippen LogP contribution in [-0.4, -0.2) is 41.3 Å². The van der Waals surface area contributed by atoms with Crippen molar-refractivity contribution in [2.24, 2.45) is 11.7 Å². The number of carbonyl (C=O) groups is 2. The van der Waals surface area contributed by atoms with E-state index >= 15 is 4.39 Å². The Morgan fingerprint density at radius 3 is 2.45 bits per heavy atom. The molecule has 2 unspecified atom stereocenters. The van der Waals surface area contributed by atoms with Crippen molar-refractivity contribution in [3.05, 3.63) is 38.9 Å². The van der Waals surface area contributed by atoms with Crippen LogP contribution in [0, 0.1) is 11.7 Å². The lowest BCUT2D eigenvalue weighted by atomic mass is 9.70. The number of carbonyl (C=O) groups excluding carboxylic acids is 2. The SMILES string of the molecule is NC12CCC1CN(c1c(F)cc3c(=O)c(C(=O)OC(=O)C(F)(F)F)cn(C4CC4)c3c1Cl)C2. The van der Waals surface area contributed by atoms with Crippen LogP contribution in [0.15, 0.2) is 17.1 Å². The molecular weight excluding hydrogens is 470 g/mol. The molecule has 1 aromatic carbocycles. The second kappa shape index (κ2) is 7.17. The van der Waals surface area contributed by atoms with Crippen LogP contribution in [0.5, 0.6) is 0 Å². The average Bonchev–Trinajstić information content (AvgIpc) is 3.52. The third kappa shape index (κ3) is 3.48. The summed E-state index contributed by atoms with van der Waals surface area (Å²) in [7, 11) is 0. The second-order valence-electron chi connectivity index (χ2n) is 8.95. The molecule has 12 heteroatoms. The Morgan fingerprint density at radius 1 is 1.24 bits per heavy atom. The van der Waals surface area contributed by atoms with Gasteiger partial charge in [0.1, 0.15) is 11.4 Å². The first-order valence-corrected chi connectivity index (χ1v) is 10.7. The van der Waals surface area contributed by atoms with Gasteiger partial charge in [-0.25, -0.2) is 14.0 Å². The largest absolute Gasteiger partial charge is 0.491 e. The van der Waals surface area contributed by atoms with E-state index in [9.17, 15) is 27.6 Å². The van der Waals surface area contributed by atoms with E-state index in [1.165, 1.54) is 4.57 Å². The van der Waals surface area contributed by atoms with Gasteiger partial charge in [-0.15, -0.1) is 0 Å². The lowest BCUT2D eigenvalue weighted by Gasteiger charge is -2.40. The molecule has 33 heavy (non-hydrogen) atoms. The molecule has 1 aliphatic heterocycles. The zero-order chi connectivity index (χ0) is 23.9. The molecule has 5 rings (SSSR count). The number of esters is 2. The summed E-state index contributed by atoms with van der Waals surface area (Å²) in [5.74, 6) is -5.12. The molecule has 1 saturated heterocycles. The van der Waals surface area contributed by atoms with E-state index in [1.807, 2.05) is 0 Å². The number of fused-ring (bicyclic) bond motifs is 2. The maximum atomic E-state index is 15.2. The molecule has 2 aliphatic carbocycles. The van der Waals surface area contributed by atoms with Gasteiger partial charge >= 0.3 is 18.1 Å². The summed E-state index contributed by atoms with van der Waals surface area (Å²) in [6.45, 7) is 0.910. The van der Waals surface area contributed by atoms with Crippen LogP contribution in [0.1, 0.15) is 42.1 Å². The number of anilines is 1.